The first kappa shape index (κ1) is 12.9. The predicted molar refractivity (Wildman–Crippen MR) is 60.1 cm³/mol. The molecule has 0 spiro atoms. The van der Waals surface area contributed by atoms with Crippen LogP contribution in [0.5, 0.6) is 5.75 Å². The minimum absolute atomic E-state index is 0.289. The maximum Gasteiger partial charge on any atom is 0.509 e. The van der Waals surface area contributed by atoms with Crippen LogP contribution in [-0.2, 0) is 0 Å². The molecule has 5 heteroatoms. The molecule has 0 aliphatic carbocycles. The minimum atomic E-state index is -4.94. The summed E-state index contributed by atoms with van der Waals surface area (Å²) >= 11 is 0. The maximum absolute atomic E-state index is 12.4. The maximum atomic E-state index is 12.4. The van der Waals surface area contributed by atoms with Gasteiger partial charge < -0.3 is 17.7 Å². The van der Waals surface area contributed by atoms with E-state index in [-0.39, 0.29) is 5.75 Å². The van der Waals surface area contributed by atoms with Gasteiger partial charge in [0.25, 0.3) is 0 Å². The van der Waals surface area contributed by atoms with Crippen LogP contribution in [0.2, 0.25) is 0 Å². The quantitative estimate of drug-likeness (QED) is 0.707. The molecule has 90 valence electrons. The highest BCUT2D eigenvalue weighted by Gasteiger charge is 2.25. The summed E-state index contributed by atoms with van der Waals surface area (Å²) in [4.78, 5) is 0. The largest absolute Gasteiger partial charge is 0.509 e. The van der Waals surface area contributed by atoms with Gasteiger partial charge in [-0.25, -0.2) is 0 Å². The van der Waals surface area contributed by atoms with Crippen LogP contribution in [0.15, 0.2) is 24.3 Å². The Hall–Kier alpha value is -1.13. The molecule has 0 atom stereocenters. The van der Waals surface area contributed by atoms with E-state index in [1.54, 1.807) is 6.07 Å². The monoisotopic (exact) mass is 231 g/mol. The van der Waals surface area contributed by atoms with E-state index in [1.807, 2.05) is 13.8 Å². The van der Waals surface area contributed by atoms with E-state index in [2.05, 4.69) is 0 Å². The Morgan fingerprint density at radius 3 is 2.50 bits per heavy atom. The summed E-state index contributed by atoms with van der Waals surface area (Å²) in [5, 5.41) is 0. The molecule has 0 amide bonds. The molecule has 0 N–H and O–H groups in total. The molecule has 0 bridgehead atoms. The van der Waals surface area contributed by atoms with Gasteiger partial charge in [0.05, 0.1) is 6.61 Å². The number of halogens is 3. The smallest absolute Gasteiger partial charge is 0.494 e. The van der Waals surface area contributed by atoms with Gasteiger partial charge in [-0.15, -0.1) is 5.46 Å². The normalized spacial score (nSPS) is 11.9. The van der Waals surface area contributed by atoms with E-state index < -0.39 is 12.4 Å². The Labute approximate surface area is 93.7 Å². The SMILES string of the molecule is CC(C)CCOc1cccc([B-](F)(F)F)c1. The van der Waals surface area contributed by atoms with Crippen molar-refractivity contribution in [2.45, 2.75) is 20.3 Å². The van der Waals surface area contributed by atoms with Crippen LogP contribution in [0, 0.1) is 5.92 Å². The minimum Gasteiger partial charge on any atom is -0.494 e. The Morgan fingerprint density at radius 1 is 1.25 bits per heavy atom. The average Bonchev–Trinajstić information content (AvgIpc) is 2.16. The lowest BCUT2D eigenvalue weighted by molar-refractivity contribution is 0.289. The Balaban J connectivity index is 2.61. The van der Waals surface area contributed by atoms with Crippen molar-refractivity contribution < 1.29 is 17.7 Å². The first-order valence-electron chi connectivity index (χ1n) is 5.32. The molecule has 0 radical (unpaired) electrons. The summed E-state index contributed by atoms with van der Waals surface area (Å²) in [6.07, 6.45) is 0.835. The molecule has 0 aliphatic heterocycles. The third kappa shape index (κ3) is 4.17. The molecule has 0 aromatic heterocycles. The van der Waals surface area contributed by atoms with Crippen LogP contribution in [0.3, 0.4) is 0 Å². The molecule has 0 aliphatic rings. The van der Waals surface area contributed by atoms with Crippen LogP contribution in [0.4, 0.5) is 12.9 Å². The van der Waals surface area contributed by atoms with Crippen LogP contribution in [0.1, 0.15) is 20.3 Å². The fraction of sp³-hybridized carbons (Fsp3) is 0.455. The van der Waals surface area contributed by atoms with Crippen molar-refractivity contribution in [3.63, 3.8) is 0 Å². The summed E-state index contributed by atoms with van der Waals surface area (Å²) in [6.45, 7) is -0.406. The van der Waals surface area contributed by atoms with Gasteiger partial charge >= 0.3 is 6.98 Å². The van der Waals surface area contributed by atoms with Crippen molar-refractivity contribution in [1.29, 1.82) is 0 Å². The zero-order valence-corrected chi connectivity index (χ0v) is 9.42. The third-order valence-corrected chi connectivity index (χ3v) is 2.20. The van der Waals surface area contributed by atoms with E-state index in [1.165, 1.54) is 6.07 Å². The van der Waals surface area contributed by atoms with Crippen LogP contribution < -0.4 is 10.2 Å². The summed E-state index contributed by atoms with van der Waals surface area (Å²) in [5.74, 6) is 0.771. The Morgan fingerprint density at radius 2 is 1.94 bits per heavy atom. The first-order chi connectivity index (χ1) is 7.39. The van der Waals surface area contributed by atoms with Crippen molar-refractivity contribution >= 4 is 12.4 Å². The molecule has 1 aromatic carbocycles. The number of hydrogen-bond donors (Lipinski definition) is 0. The fourth-order valence-corrected chi connectivity index (χ4v) is 1.22. The van der Waals surface area contributed by atoms with E-state index in [4.69, 9.17) is 4.74 Å². The summed E-state index contributed by atoms with van der Waals surface area (Å²) < 4.78 is 42.5. The van der Waals surface area contributed by atoms with Gasteiger partial charge in [-0.3, -0.25) is 0 Å². The third-order valence-electron chi connectivity index (χ3n) is 2.20. The Kier molecular flexibility index (Phi) is 4.27. The van der Waals surface area contributed by atoms with Crippen LogP contribution in [0.25, 0.3) is 0 Å². The highest BCUT2D eigenvalue weighted by Crippen LogP contribution is 2.15. The highest BCUT2D eigenvalue weighted by atomic mass is 19.4. The van der Waals surface area contributed by atoms with E-state index >= 15 is 0 Å². The van der Waals surface area contributed by atoms with Gasteiger partial charge in [-0.1, -0.05) is 26.0 Å². The molecular weight excluding hydrogens is 216 g/mol. The van der Waals surface area contributed by atoms with E-state index in [9.17, 15) is 12.9 Å². The summed E-state index contributed by atoms with van der Waals surface area (Å²) in [6, 6.07) is 5.04. The standard InChI is InChI=1S/C11H15BF3O/c1-9(2)6-7-16-11-5-3-4-10(8-11)12(13,14)15/h3-5,8-9H,6-7H2,1-2H3/q-1. The predicted octanol–water partition coefficient (Wildman–Crippen LogP) is 3.17. The molecule has 0 saturated carbocycles. The number of rotatable bonds is 5. The highest BCUT2D eigenvalue weighted by molar-refractivity contribution is 6.73. The molecule has 1 rings (SSSR count). The molecule has 0 heterocycles. The van der Waals surface area contributed by atoms with Gasteiger partial charge in [0.15, 0.2) is 0 Å². The zero-order valence-electron chi connectivity index (χ0n) is 9.42. The van der Waals surface area contributed by atoms with Gasteiger partial charge in [0, 0.05) is 0 Å². The molecule has 1 aromatic rings. The average molecular weight is 231 g/mol. The number of benzene rings is 1. The second kappa shape index (κ2) is 5.28. The molecule has 1 nitrogen and oxygen atoms in total. The lowest BCUT2D eigenvalue weighted by Crippen LogP contribution is -2.33. The zero-order chi connectivity index (χ0) is 12.2. The lowest BCUT2D eigenvalue weighted by Gasteiger charge is -2.16. The van der Waals surface area contributed by atoms with Crippen molar-refractivity contribution in [1.82, 2.24) is 0 Å². The number of hydrogen-bond acceptors (Lipinski definition) is 1. The van der Waals surface area contributed by atoms with Gasteiger partial charge in [-0.05, 0) is 24.5 Å². The molecular formula is C11H15BF3O-. The van der Waals surface area contributed by atoms with Crippen molar-refractivity contribution in [2.75, 3.05) is 6.61 Å². The van der Waals surface area contributed by atoms with Crippen molar-refractivity contribution in [3.8, 4) is 5.75 Å². The molecule has 0 fully saturated rings. The Bertz CT molecular complexity index is 336. The van der Waals surface area contributed by atoms with E-state index in [0.29, 0.717) is 12.5 Å². The fourth-order valence-electron chi connectivity index (χ4n) is 1.22. The molecule has 0 unspecified atom stereocenters. The number of ether oxygens (including phenoxy) is 1. The van der Waals surface area contributed by atoms with Crippen molar-refractivity contribution in [2.24, 2.45) is 5.92 Å². The first-order valence-corrected chi connectivity index (χ1v) is 5.32. The van der Waals surface area contributed by atoms with Crippen LogP contribution >= 0.6 is 0 Å². The van der Waals surface area contributed by atoms with E-state index in [0.717, 1.165) is 18.6 Å². The van der Waals surface area contributed by atoms with Crippen LogP contribution in [-0.4, -0.2) is 13.6 Å². The topological polar surface area (TPSA) is 9.23 Å². The van der Waals surface area contributed by atoms with Gasteiger partial charge in [0.2, 0.25) is 0 Å². The second-order valence-corrected chi connectivity index (χ2v) is 4.18. The summed E-state index contributed by atoms with van der Waals surface area (Å²) in [7, 11) is 0. The van der Waals surface area contributed by atoms with Gasteiger partial charge in [0.1, 0.15) is 5.75 Å². The second-order valence-electron chi connectivity index (χ2n) is 4.18. The molecule has 0 saturated heterocycles. The summed E-state index contributed by atoms with van der Waals surface area (Å²) in [5.41, 5.74) is -0.609. The van der Waals surface area contributed by atoms with Crippen molar-refractivity contribution in [3.05, 3.63) is 24.3 Å². The lowest BCUT2D eigenvalue weighted by atomic mass is 9.80. The molecule has 16 heavy (non-hydrogen) atoms. The van der Waals surface area contributed by atoms with Gasteiger partial charge in [-0.2, -0.15) is 0 Å².